The number of rotatable bonds is 4. The zero-order valence-corrected chi connectivity index (χ0v) is 8.60. The van der Waals surface area contributed by atoms with Gasteiger partial charge in [-0.15, -0.1) is 0 Å². The number of ether oxygens (including phenoxy) is 2. The molecule has 1 aromatic carbocycles. The van der Waals surface area contributed by atoms with Crippen LogP contribution in [0.3, 0.4) is 0 Å². The van der Waals surface area contributed by atoms with E-state index < -0.39 is 0 Å². The third kappa shape index (κ3) is 2.81. The van der Waals surface area contributed by atoms with Gasteiger partial charge in [-0.3, -0.25) is 0 Å². The second kappa shape index (κ2) is 4.97. The maximum atomic E-state index is 5.82. The first-order valence-corrected chi connectivity index (χ1v) is 4.70. The predicted octanol–water partition coefficient (Wildman–Crippen LogP) is 3.14. The van der Waals surface area contributed by atoms with Crippen LogP contribution in [0.25, 0.3) is 0 Å². The number of benzene rings is 1. The fraction of sp³-hybridized carbons (Fsp3) is 0.400. The molecule has 0 amide bonds. The molecule has 0 fully saturated rings. The highest BCUT2D eigenvalue weighted by atomic mass is 35.5. The van der Waals surface area contributed by atoms with Crippen LogP contribution in [0.5, 0.6) is 11.5 Å². The molecule has 0 heterocycles. The van der Waals surface area contributed by atoms with Gasteiger partial charge < -0.3 is 9.47 Å². The molecule has 0 aliphatic heterocycles. The van der Waals surface area contributed by atoms with Crippen molar-refractivity contribution in [3.8, 4) is 11.5 Å². The Bertz CT molecular complexity index is 274. The van der Waals surface area contributed by atoms with Gasteiger partial charge >= 0.3 is 0 Å². The van der Waals surface area contributed by atoms with Crippen molar-refractivity contribution in [2.24, 2.45) is 0 Å². The van der Waals surface area contributed by atoms with Gasteiger partial charge in [0.15, 0.2) is 11.5 Å². The van der Waals surface area contributed by atoms with E-state index in [1.807, 2.05) is 19.9 Å². The molecule has 0 atom stereocenters. The fourth-order valence-electron chi connectivity index (χ4n) is 1.02. The summed E-state index contributed by atoms with van der Waals surface area (Å²) >= 11 is 5.82. The normalized spacial score (nSPS) is 9.77. The van der Waals surface area contributed by atoms with E-state index in [0.29, 0.717) is 24.0 Å². The lowest BCUT2D eigenvalue weighted by molar-refractivity contribution is 0.288. The summed E-state index contributed by atoms with van der Waals surface area (Å²) in [6, 6.07) is 5.36. The molecule has 0 N–H and O–H groups in total. The van der Waals surface area contributed by atoms with Crippen LogP contribution in [0.2, 0.25) is 5.02 Å². The summed E-state index contributed by atoms with van der Waals surface area (Å²) in [5.41, 5.74) is 0. The third-order valence-corrected chi connectivity index (χ3v) is 1.74. The van der Waals surface area contributed by atoms with Crippen LogP contribution in [0.4, 0.5) is 0 Å². The molecule has 0 bridgehead atoms. The molecule has 2 nitrogen and oxygen atoms in total. The van der Waals surface area contributed by atoms with E-state index in [2.05, 4.69) is 0 Å². The molecule has 13 heavy (non-hydrogen) atoms. The molecular formula is C10H13ClO2. The Labute approximate surface area is 83.4 Å². The molecule has 0 aliphatic rings. The van der Waals surface area contributed by atoms with E-state index in [-0.39, 0.29) is 0 Å². The minimum absolute atomic E-state index is 0.612. The first-order valence-electron chi connectivity index (χ1n) is 4.33. The molecule has 0 radical (unpaired) electrons. The fourth-order valence-corrected chi connectivity index (χ4v) is 1.19. The van der Waals surface area contributed by atoms with Crippen LogP contribution in [0.1, 0.15) is 13.8 Å². The lowest BCUT2D eigenvalue weighted by atomic mass is 10.3. The van der Waals surface area contributed by atoms with E-state index >= 15 is 0 Å². The molecule has 0 saturated carbocycles. The first kappa shape index (κ1) is 10.2. The van der Waals surface area contributed by atoms with Crippen LogP contribution in [0.15, 0.2) is 18.2 Å². The summed E-state index contributed by atoms with van der Waals surface area (Å²) in [6.45, 7) is 5.10. The lowest BCUT2D eigenvalue weighted by Crippen LogP contribution is -1.97. The Hall–Kier alpha value is -0.890. The Kier molecular flexibility index (Phi) is 3.90. The van der Waals surface area contributed by atoms with Gasteiger partial charge in [0.2, 0.25) is 0 Å². The van der Waals surface area contributed by atoms with E-state index in [1.165, 1.54) is 0 Å². The monoisotopic (exact) mass is 200 g/mol. The predicted molar refractivity (Wildman–Crippen MR) is 53.8 cm³/mol. The van der Waals surface area contributed by atoms with Crippen molar-refractivity contribution in [1.29, 1.82) is 0 Å². The quantitative estimate of drug-likeness (QED) is 0.744. The van der Waals surface area contributed by atoms with Gasteiger partial charge in [0.25, 0.3) is 0 Å². The van der Waals surface area contributed by atoms with E-state index in [9.17, 15) is 0 Å². The molecule has 0 aliphatic carbocycles. The Morgan fingerprint density at radius 2 is 1.69 bits per heavy atom. The highest BCUT2D eigenvalue weighted by molar-refractivity contribution is 6.30. The third-order valence-electron chi connectivity index (χ3n) is 1.51. The van der Waals surface area contributed by atoms with Gasteiger partial charge in [-0.05, 0) is 26.0 Å². The lowest BCUT2D eigenvalue weighted by Gasteiger charge is -2.10. The van der Waals surface area contributed by atoms with Gasteiger partial charge in [-0.2, -0.15) is 0 Å². The smallest absolute Gasteiger partial charge is 0.162 e. The zero-order valence-electron chi connectivity index (χ0n) is 7.84. The number of hydrogen-bond acceptors (Lipinski definition) is 2. The van der Waals surface area contributed by atoms with Crippen LogP contribution in [-0.2, 0) is 0 Å². The number of hydrogen-bond donors (Lipinski definition) is 0. The minimum atomic E-state index is 0.612. The zero-order chi connectivity index (χ0) is 9.68. The van der Waals surface area contributed by atoms with Crippen LogP contribution < -0.4 is 9.47 Å². The van der Waals surface area contributed by atoms with Crippen LogP contribution in [0, 0.1) is 0 Å². The molecule has 0 aromatic heterocycles. The Morgan fingerprint density at radius 1 is 1.08 bits per heavy atom. The Balaban J connectivity index is 2.89. The SMILES string of the molecule is CCOc1ccc(Cl)cc1OCC. The summed E-state index contributed by atoms with van der Waals surface area (Å²) < 4.78 is 10.7. The summed E-state index contributed by atoms with van der Waals surface area (Å²) in [6.07, 6.45) is 0. The molecule has 72 valence electrons. The molecule has 1 rings (SSSR count). The van der Waals surface area contributed by atoms with E-state index in [1.54, 1.807) is 12.1 Å². The maximum Gasteiger partial charge on any atom is 0.162 e. The molecule has 1 aromatic rings. The molecule has 0 unspecified atom stereocenters. The number of halogens is 1. The molecule has 3 heteroatoms. The summed E-state index contributed by atoms with van der Waals surface area (Å²) in [5, 5.41) is 0.659. The summed E-state index contributed by atoms with van der Waals surface area (Å²) in [5.74, 6) is 1.45. The molecular weight excluding hydrogens is 188 g/mol. The largest absolute Gasteiger partial charge is 0.490 e. The van der Waals surface area contributed by atoms with Crippen molar-refractivity contribution in [3.05, 3.63) is 23.2 Å². The van der Waals surface area contributed by atoms with Gasteiger partial charge in [0, 0.05) is 11.1 Å². The maximum absolute atomic E-state index is 5.82. The van der Waals surface area contributed by atoms with Crippen molar-refractivity contribution < 1.29 is 9.47 Å². The summed E-state index contributed by atoms with van der Waals surface area (Å²) in [4.78, 5) is 0. The van der Waals surface area contributed by atoms with Crippen molar-refractivity contribution in [2.75, 3.05) is 13.2 Å². The van der Waals surface area contributed by atoms with Crippen LogP contribution in [-0.4, -0.2) is 13.2 Å². The second-order valence-corrected chi connectivity index (χ2v) is 2.89. The van der Waals surface area contributed by atoms with Gasteiger partial charge in [0.1, 0.15) is 0 Å². The van der Waals surface area contributed by atoms with Gasteiger partial charge in [-0.25, -0.2) is 0 Å². The van der Waals surface area contributed by atoms with Crippen LogP contribution >= 0.6 is 11.6 Å². The van der Waals surface area contributed by atoms with Crippen molar-refractivity contribution in [3.63, 3.8) is 0 Å². The second-order valence-electron chi connectivity index (χ2n) is 2.46. The van der Waals surface area contributed by atoms with Crippen molar-refractivity contribution in [2.45, 2.75) is 13.8 Å². The van der Waals surface area contributed by atoms with Gasteiger partial charge in [-0.1, -0.05) is 11.6 Å². The van der Waals surface area contributed by atoms with Crippen molar-refractivity contribution in [1.82, 2.24) is 0 Å². The highest BCUT2D eigenvalue weighted by Gasteiger charge is 2.04. The topological polar surface area (TPSA) is 18.5 Å². The van der Waals surface area contributed by atoms with E-state index in [0.717, 1.165) is 5.75 Å². The minimum Gasteiger partial charge on any atom is -0.490 e. The summed E-state index contributed by atoms with van der Waals surface area (Å²) in [7, 11) is 0. The van der Waals surface area contributed by atoms with Gasteiger partial charge in [0.05, 0.1) is 13.2 Å². The standard InChI is InChI=1S/C10H13ClO2/c1-3-12-9-6-5-8(11)7-10(9)13-4-2/h5-7H,3-4H2,1-2H3. The Morgan fingerprint density at radius 3 is 2.31 bits per heavy atom. The van der Waals surface area contributed by atoms with Crippen molar-refractivity contribution >= 4 is 11.6 Å². The van der Waals surface area contributed by atoms with E-state index in [4.69, 9.17) is 21.1 Å². The average Bonchev–Trinajstić information content (AvgIpc) is 2.10. The molecule has 0 saturated heterocycles. The highest BCUT2D eigenvalue weighted by Crippen LogP contribution is 2.30. The average molecular weight is 201 g/mol. The molecule has 0 spiro atoms. The first-order chi connectivity index (χ1) is 6.27.